The molecule has 0 saturated heterocycles. The van der Waals surface area contributed by atoms with E-state index in [4.69, 9.17) is 29.4 Å². The van der Waals surface area contributed by atoms with Gasteiger partial charge in [-0.3, -0.25) is 14.4 Å². The number of nitrogens with zero attached hydrogens (tertiary/aromatic N) is 4. The van der Waals surface area contributed by atoms with Crippen molar-refractivity contribution in [1.82, 2.24) is 19.9 Å². The summed E-state index contributed by atoms with van der Waals surface area (Å²) < 4.78 is 11.1. The maximum absolute atomic E-state index is 14.4. The number of fused-ring (bicyclic) bond motifs is 8. The molecule has 0 spiro atoms. The number of aryl methyl sites for hydroxylation is 4. The van der Waals surface area contributed by atoms with E-state index in [-0.39, 0.29) is 41.2 Å². The van der Waals surface area contributed by atoms with Crippen LogP contribution in [0.2, 0.25) is 0 Å². The normalized spacial score (nSPS) is 15.9. The number of rotatable bonds is 21. The number of aromatic nitrogens is 4. The van der Waals surface area contributed by atoms with Gasteiger partial charge in [0.15, 0.2) is 5.78 Å². The smallest absolute Gasteiger partial charge is 0.657 e. The molecular formula is C55H72MgN4O5. The van der Waals surface area contributed by atoms with Crippen molar-refractivity contribution in [2.45, 2.75) is 159 Å². The Bertz CT molecular complexity index is 2500. The average molecular weight is 894 g/mol. The van der Waals surface area contributed by atoms with Gasteiger partial charge in [-0.05, 0) is 87.3 Å². The zero-order chi connectivity index (χ0) is 46.4. The molecule has 2 aliphatic heterocycles. The summed E-state index contributed by atoms with van der Waals surface area (Å²) in [6.45, 7) is 26.2. The van der Waals surface area contributed by atoms with Crippen molar-refractivity contribution < 1.29 is 23.9 Å². The van der Waals surface area contributed by atoms with Crippen molar-refractivity contribution >= 4 is 85.1 Å². The predicted molar refractivity (Wildman–Crippen MR) is 266 cm³/mol. The van der Waals surface area contributed by atoms with Gasteiger partial charge in [-0.2, -0.15) is 0 Å². The van der Waals surface area contributed by atoms with Crippen LogP contribution >= 0.6 is 0 Å². The standard InChI is InChI=1S/C55H73N4O5.Mg/c1-13-39-35(8)42-28-44-37(10)41(24-25-48(60)64-27-26-34(7)23-17-22-33(6)21-16-20-32(5)19-15-18-31(3)4)52(58-44)50-51(55(62)63-12)54(61)49-38(11)45(59-53(49)50)30-47-40(14-2)36(9)43(57-47)29-46(39)56-42;/h13,28-34,51H,1,14-27H2,2-12H3,(H-,56,57,58,59,61);/q-1;+2/p-1. The van der Waals surface area contributed by atoms with Crippen molar-refractivity contribution in [2.24, 2.45) is 23.7 Å². The van der Waals surface area contributed by atoms with E-state index in [0.29, 0.717) is 58.1 Å². The Labute approximate surface area is 404 Å². The topological polar surface area (TPSA) is 124 Å². The van der Waals surface area contributed by atoms with E-state index in [0.717, 1.165) is 92.8 Å². The van der Waals surface area contributed by atoms with E-state index in [1.165, 1.54) is 58.5 Å². The van der Waals surface area contributed by atoms with Crippen molar-refractivity contribution in [3.05, 3.63) is 81.4 Å². The summed E-state index contributed by atoms with van der Waals surface area (Å²) in [7, 11) is 1.29. The molecule has 10 heteroatoms. The molecule has 344 valence electrons. The summed E-state index contributed by atoms with van der Waals surface area (Å²) >= 11 is 0. The fraction of sp³-hybridized carbons (Fsp3) is 0.545. The van der Waals surface area contributed by atoms with Gasteiger partial charge in [0.1, 0.15) is 5.92 Å². The number of hydrogen-bond donors (Lipinski definition) is 0. The number of allylic oxidation sites excluding steroid dienone is 5. The number of ether oxygens (including phenoxy) is 2. The van der Waals surface area contributed by atoms with Gasteiger partial charge in [-0.25, -0.2) is 9.97 Å². The summed E-state index contributed by atoms with van der Waals surface area (Å²) in [4.78, 5) is 61.7. The third-order valence-electron chi connectivity index (χ3n) is 14.1. The second-order valence-corrected chi connectivity index (χ2v) is 19.4. The fourth-order valence-electron chi connectivity index (χ4n) is 9.92. The van der Waals surface area contributed by atoms with Crippen LogP contribution < -0.4 is 9.97 Å². The molecule has 3 aromatic heterocycles. The Kier molecular flexibility index (Phi) is 18.3. The molecule has 3 aromatic rings. The average Bonchev–Trinajstić information content (AvgIpc) is 3.99. The van der Waals surface area contributed by atoms with Crippen molar-refractivity contribution in [3.8, 4) is 0 Å². The summed E-state index contributed by atoms with van der Waals surface area (Å²) in [5.74, 6) is 0.236. The second kappa shape index (κ2) is 22.9. The first kappa shape index (κ1) is 51.7. The number of esters is 2. The van der Waals surface area contributed by atoms with E-state index in [1.54, 1.807) is 0 Å². The van der Waals surface area contributed by atoms with Gasteiger partial charge in [0.2, 0.25) is 0 Å². The number of hydrogen-bond acceptors (Lipinski definition) is 7. The first-order valence-corrected chi connectivity index (χ1v) is 24.1. The Morgan fingerprint density at radius 2 is 1.31 bits per heavy atom. The number of carbonyl (C=O) groups is 3. The molecule has 1 aliphatic carbocycles. The molecule has 0 amide bonds. The monoisotopic (exact) mass is 893 g/mol. The first-order chi connectivity index (χ1) is 30.6. The van der Waals surface area contributed by atoms with E-state index in [9.17, 15) is 14.4 Å². The summed E-state index contributed by atoms with van der Waals surface area (Å²) in [6.07, 6.45) is 15.4. The van der Waals surface area contributed by atoms with E-state index in [2.05, 4.69) is 55.0 Å². The molecule has 4 atom stereocenters. The maximum atomic E-state index is 14.4. The molecule has 9 nitrogen and oxygen atoms in total. The quantitative estimate of drug-likeness (QED) is 0.0584. The Balaban J connectivity index is 0.00000793. The zero-order valence-electron chi connectivity index (χ0n) is 41.3. The van der Waals surface area contributed by atoms with Crippen LogP contribution in [-0.2, 0) is 36.7 Å². The van der Waals surface area contributed by atoms with Gasteiger partial charge in [0.25, 0.3) is 0 Å². The summed E-state index contributed by atoms with van der Waals surface area (Å²) in [6, 6.07) is 5.88. The fourth-order valence-corrected chi connectivity index (χ4v) is 9.92. The van der Waals surface area contributed by atoms with Gasteiger partial charge < -0.3 is 19.4 Å². The summed E-state index contributed by atoms with van der Waals surface area (Å²) in [5, 5.41) is 0. The zero-order valence-corrected chi connectivity index (χ0v) is 42.8. The molecule has 0 aromatic carbocycles. The van der Waals surface area contributed by atoms with E-state index in [1.807, 2.05) is 45.0 Å². The van der Waals surface area contributed by atoms with Crippen LogP contribution in [0, 0.1) is 37.5 Å². The minimum Gasteiger partial charge on any atom is -0.657 e. The molecule has 0 radical (unpaired) electrons. The first-order valence-electron chi connectivity index (χ1n) is 24.1. The summed E-state index contributed by atoms with van der Waals surface area (Å²) in [5.41, 5.74) is 12.2. The number of methoxy groups -OCH3 is 1. The predicted octanol–water partition coefficient (Wildman–Crippen LogP) is 12.2. The number of carbonyl (C=O) groups excluding carboxylic acids is 3. The molecule has 3 aliphatic rings. The maximum Gasteiger partial charge on any atom is 2.00 e. The van der Waals surface area contributed by atoms with Gasteiger partial charge in [-0.15, -0.1) is 22.1 Å². The van der Waals surface area contributed by atoms with Crippen LogP contribution in [0.5, 0.6) is 0 Å². The molecule has 0 fully saturated rings. The van der Waals surface area contributed by atoms with Crippen LogP contribution in [0.25, 0.3) is 44.4 Å². The third-order valence-corrected chi connectivity index (χ3v) is 14.1. The van der Waals surface area contributed by atoms with Gasteiger partial charge in [-0.1, -0.05) is 152 Å². The van der Waals surface area contributed by atoms with Crippen molar-refractivity contribution in [1.29, 1.82) is 0 Å². The minimum atomic E-state index is -1.25. The molecule has 8 bridgehead atoms. The molecule has 5 heterocycles. The number of ketones is 1. The van der Waals surface area contributed by atoms with Crippen LogP contribution in [0.4, 0.5) is 0 Å². The van der Waals surface area contributed by atoms with Crippen LogP contribution in [0.3, 0.4) is 0 Å². The Morgan fingerprint density at radius 3 is 1.91 bits per heavy atom. The van der Waals surface area contributed by atoms with Crippen LogP contribution in [-0.4, -0.2) is 64.5 Å². The van der Waals surface area contributed by atoms with Crippen molar-refractivity contribution in [2.75, 3.05) is 13.7 Å². The van der Waals surface area contributed by atoms with Gasteiger partial charge in [0, 0.05) is 17.6 Å². The van der Waals surface area contributed by atoms with Crippen molar-refractivity contribution in [3.63, 3.8) is 0 Å². The Hall–Kier alpha value is -4.28. The Morgan fingerprint density at radius 1 is 0.754 bits per heavy atom. The van der Waals surface area contributed by atoms with E-state index < -0.39 is 11.9 Å². The van der Waals surface area contributed by atoms with Gasteiger partial charge >= 0.3 is 35.0 Å². The SMILES string of the molecule is C=CC1=C(C)c2cc3[n-]c(c(CCC(=O)OCCC(C)CCCC(C)CCCC(C)CCCC(C)C)c3C)c3c4nc(cc5[n-]c(cc1n2)c(C)c5CC)C(C)=C4C(=O)C3C(=O)OC.[Mg+2]. The molecule has 0 saturated carbocycles. The molecule has 65 heavy (non-hydrogen) atoms. The number of Topliss-reactive ketones (excluding diaryl/α,β-unsaturated/α-hetero) is 1. The van der Waals surface area contributed by atoms with Crippen LogP contribution in [0.1, 0.15) is 183 Å². The minimum absolute atomic E-state index is 0. The molecule has 6 rings (SSSR count). The molecule has 4 unspecified atom stereocenters. The van der Waals surface area contributed by atoms with Crippen LogP contribution in [0.15, 0.2) is 30.9 Å². The third kappa shape index (κ3) is 11.6. The van der Waals surface area contributed by atoms with Gasteiger partial charge in [0.05, 0.1) is 36.5 Å². The largest absolute Gasteiger partial charge is 2.00 e. The van der Waals surface area contributed by atoms with E-state index >= 15 is 0 Å². The second-order valence-electron chi connectivity index (χ2n) is 19.4. The molecular weight excluding hydrogens is 821 g/mol. The molecule has 0 N–H and O–H groups in total.